The maximum atomic E-state index is 11.3. The molecule has 3 N–H and O–H groups in total. The number of aliphatic carboxylic acids is 1. The number of esters is 1. The van der Waals surface area contributed by atoms with Crippen molar-refractivity contribution in [3.8, 4) is 0 Å². The Morgan fingerprint density at radius 3 is 1.15 bits per heavy atom. The number of hydrogen-bond acceptors (Lipinski definition) is 5. The molecular weight excluding hydrogens is 492 g/mol. The van der Waals surface area contributed by atoms with Gasteiger partial charge in [0.1, 0.15) is 12.7 Å². The van der Waals surface area contributed by atoms with Crippen LogP contribution in [0.2, 0.25) is 0 Å². The third-order valence-corrected chi connectivity index (χ3v) is 7.13. The normalized spacial score (nSPS) is 11.6. The van der Waals surface area contributed by atoms with Gasteiger partial charge in [-0.15, -0.1) is 0 Å². The second kappa shape index (κ2) is 34.9. The van der Waals surface area contributed by atoms with Crippen LogP contribution in [-0.4, -0.2) is 46.6 Å². The molecule has 1 atom stereocenters. The van der Waals surface area contributed by atoms with E-state index in [-0.39, 0.29) is 19.2 Å². The van der Waals surface area contributed by atoms with E-state index in [1.54, 1.807) is 0 Å². The van der Waals surface area contributed by atoms with Crippen LogP contribution in [0.3, 0.4) is 0 Å². The second-order valence-corrected chi connectivity index (χ2v) is 11.2. The summed E-state index contributed by atoms with van der Waals surface area (Å²) >= 11 is 0. The number of carboxylic acids is 1. The number of carbonyl (C=O) groups excluding carboxylic acids is 1. The van der Waals surface area contributed by atoms with Gasteiger partial charge in [-0.05, 0) is 12.8 Å². The average Bonchev–Trinajstić information content (AvgIpc) is 2.93. The van der Waals surface area contributed by atoms with Crippen LogP contribution in [0, 0.1) is 0 Å². The molecule has 0 aliphatic rings. The molecule has 0 rings (SSSR count). The number of hydrogen-bond donors (Lipinski definition) is 3. The fraction of sp³-hybridized carbons (Fsp3) is 0.939. The molecule has 0 heterocycles. The van der Waals surface area contributed by atoms with Crippen molar-refractivity contribution >= 4 is 11.9 Å². The third-order valence-electron chi connectivity index (χ3n) is 7.13. The maximum absolute atomic E-state index is 11.3. The fourth-order valence-corrected chi connectivity index (χ4v) is 4.54. The third kappa shape index (κ3) is 39.1. The van der Waals surface area contributed by atoms with Crippen molar-refractivity contribution < 1.29 is 29.6 Å². The van der Waals surface area contributed by atoms with E-state index >= 15 is 0 Å². The van der Waals surface area contributed by atoms with E-state index in [9.17, 15) is 9.59 Å². The topological polar surface area (TPSA) is 104 Å². The van der Waals surface area contributed by atoms with Crippen LogP contribution in [-0.2, 0) is 14.3 Å². The predicted molar refractivity (Wildman–Crippen MR) is 163 cm³/mol. The predicted octanol–water partition coefficient (Wildman–Crippen LogP) is 9.14. The molecule has 0 aromatic rings. The van der Waals surface area contributed by atoms with Gasteiger partial charge in [0, 0.05) is 12.8 Å². The highest BCUT2D eigenvalue weighted by Gasteiger charge is 2.07. The molecule has 6 heteroatoms. The number of carbonyl (C=O) groups is 2. The SMILES string of the molecule is CCCCCCCCCCCC(=O)OCC(O)CO.CCCCCCCCCCCCCCCCCC(=O)O. The van der Waals surface area contributed by atoms with Crippen LogP contribution in [0.5, 0.6) is 0 Å². The minimum atomic E-state index is -0.952. The molecule has 39 heavy (non-hydrogen) atoms. The smallest absolute Gasteiger partial charge is 0.305 e. The molecule has 0 spiro atoms. The standard InChI is InChI=1S/C18H36O2.C15H30O4/c1-2-3-4-5-6-7-8-9-10-11-12-13-14-15-16-17-18(19)20;1-2-3-4-5-6-7-8-9-10-11-15(18)19-13-14(17)12-16/h2-17H2,1H3,(H,19,20);14,16-17H,2-13H2,1H3. The molecule has 0 saturated carbocycles. The van der Waals surface area contributed by atoms with Crippen LogP contribution in [0.15, 0.2) is 0 Å². The number of aliphatic hydroxyl groups is 2. The Kier molecular flexibility index (Phi) is 35.8. The summed E-state index contributed by atoms with van der Waals surface area (Å²) in [5, 5.41) is 26.1. The Balaban J connectivity index is 0. The first-order valence-electron chi connectivity index (χ1n) is 16.6. The first kappa shape index (κ1) is 40.0. The van der Waals surface area contributed by atoms with Gasteiger partial charge in [0.15, 0.2) is 0 Å². The summed E-state index contributed by atoms with van der Waals surface area (Å²) in [7, 11) is 0. The van der Waals surface area contributed by atoms with E-state index < -0.39 is 12.1 Å². The zero-order chi connectivity index (χ0) is 29.2. The van der Waals surface area contributed by atoms with E-state index in [2.05, 4.69) is 13.8 Å². The molecule has 6 nitrogen and oxygen atoms in total. The Morgan fingerprint density at radius 1 is 0.538 bits per heavy atom. The van der Waals surface area contributed by atoms with Gasteiger partial charge in [0.25, 0.3) is 0 Å². The monoisotopic (exact) mass is 558 g/mol. The van der Waals surface area contributed by atoms with Crippen molar-refractivity contribution in [2.24, 2.45) is 0 Å². The van der Waals surface area contributed by atoms with Gasteiger partial charge < -0.3 is 20.1 Å². The van der Waals surface area contributed by atoms with Crippen molar-refractivity contribution in [3.63, 3.8) is 0 Å². The molecule has 0 aromatic carbocycles. The Labute approximate surface area is 241 Å². The molecule has 0 radical (unpaired) electrons. The number of ether oxygens (including phenoxy) is 1. The Bertz CT molecular complexity index is 497. The van der Waals surface area contributed by atoms with Gasteiger partial charge >= 0.3 is 11.9 Å². The molecule has 234 valence electrons. The number of carboxylic acid groups (broad SMARTS) is 1. The van der Waals surface area contributed by atoms with Crippen molar-refractivity contribution in [1.29, 1.82) is 0 Å². The zero-order valence-corrected chi connectivity index (χ0v) is 25.9. The fourth-order valence-electron chi connectivity index (χ4n) is 4.54. The van der Waals surface area contributed by atoms with Crippen molar-refractivity contribution in [3.05, 3.63) is 0 Å². The zero-order valence-electron chi connectivity index (χ0n) is 25.9. The number of rotatable bonds is 29. The highest BCUT2D eigenvalue weighted by molar-refractivity contribution is 5.69. The molecule has 0 aliphatic heterocycles. The molecule has 0 bridgehead atoms. The summed E-state index contributed by atoms with van der Waals surface area (Å²) in [6, 6.07) is 0. The molecule has 1 unspecified atom stereocenters. The summed E-state index contributed by atoms with van der Waals surface area (Å²) in [6.45, 7) is 4.02. The summed E-state index contributed by atoms with van der Waals surface area (Å²) in [4.78, 5) is 21.6. The lowest BCUT2D eigenvalue weighted by Gasteiger charge is -2.08. The molecule has 0 amide bonds. The summed E-state index contributed by atoms with van der Waals surface area (Å²) < 4.78 is 4.82. The Hall–Kier alpha value is -1.14. The lowest BCUT2D eigenvalue weighted by atomic mass is 10.0. The van der Waals surface area contributed by atoms with E-state index in [0.29, 0.717) is 12.8 Å². The quantitative estimate of drug-likeness (QED) is 0.0624. The number of aliphatic hydroxyl groups excluding tert-OH is 2. The van der Waals surface area contributed by atoms with E-state index in [4.69, 9.17) is 20.1 Å². The van der Waals surface area contributed by atoms with Crippen LogP contribution in [0.25, 0.3) is 0 Å². The van der Waals surface area contributed by atoms with Gasteiger partial charge in [-0.2, -0.15) is 0 Å². The van der Waals surface area contributed by atoms with Gasteiger partial charge in [0.05, 0.1) is 6.61 Å². The maximum Gasteiger partial charge on any atom is 0.305 e. The van der Waals surface area contributed by atoms with Gasteiger partial charge in [0.2, 0.25) is 0 Å². The minimum Gasteiger partial charge on any atom is -0.481 e. The van der Waals surface area contributed by atoms with Crippen LogP contribution < -0.4 is 0 Å². The van der Waals surface area contributed by atoms with Gasteiger partial charge in [-0.25, -0.2) is 0 Å². The van der Waals surface area contributed by atoms with E-state index in [0.717, 1.165) is 25.7 Å². The summed E-state index contributed by atoms with van der Waals surface area (Å²) in [6.07, 6.45) is 30.6. The largest absolute Gasteiger partial charge is 0.481 e. The lowest BCUT2D eigenvalue weighted by molar-refractivity contribution is -0.147. The van der Waals surface area contributed by atoms with Crippen molar-refractivity contribution in [2.75, 3.05) is 13.2 Å². The highest BCUT2D eigenvalue weighted by Crippen LogP contribution is 2.14. The van der Waals surface area contributed by atoms with E-state index in [1.807, 2.05) is 0 Å². The van der Waals surface area contributed by atoms with Crippen LogP contribution in [0.4, 0.5) is 0 Å². The molecule has 0 fully saturated rings. The molecule has 0 aliphatic carbocycles. The summed E-state index contributed by atoms with van der Waals surface area (Å²) in [5.74, 6) is -0.935. The molecule has 0 aromatic heterocycles. The van der Waals surface area contributed by atoms with Crippen LogP contribution in [0.1, 0.15) is 181 Å². The highest BCUT2D eigenvalue weighted by atomic mass is 16.5. The van der Waals surface area contributed by atoms with Gasteiger partial charge in [-0.1, -0.05) is 155 Å². The van der Waals surface area contributed by atoms with E-state index in [1.165, 1.54) is 128 Å². The summed E-state index contributed by atoms with van der Waals surface area (Å²) in [5.41, 5.74) is 0. The first-order chi connectivity index (χ1) is 19.0. The first-order valence-corrected chi connectivity index (χ1v) is 16.6. The Morgan fingerprint density at radius 2 is 0.846 bits per heavy atom. The second-order valence-electron chi connectivity index (χ2n) is 11.2. The minimum absolute atomic E-state index is 0.104. The number of unbranched alkanes of at least 4 members (excludes halogenated alkanes) is 22. The molecule has 0 saturated heterocycles. The van der Waals surface area contributed by atoms with Gasteiger partial charge in [-0.3, -0.25) is 9.59 Å². The van der Waals surface area contributed by atoms with Crippen molar-refractivity contribution in [1.82, 2.24) is 0 Å². The lowest BCUT2D eigenvalue weighted by Crippen LogP contribution is -2.21. The van der Waals surface area contributed by atoms with Crippen LogP contribution >= 0.6 is 0 Å². The van der Waals surface area contributed by atoms with Crippen molar-refractivity contribution in [2.45, 2.75) is 187 Å². The molecular formula is C33H66O6. The average molecular weight is 559 g/mol.